The third-order valence-corrected chi connectivity index (χ3v) is 7.67. The first-order valence-corrected chi connectivity index (χ1v) is 14.7. The molecule has 5 aromatic rings. The molecule has 1 aliphatic heterocycles. The van der Waals surface area contributed by atoms with Gasteiger partial charge in [0.25, 0.3) is 5.91 Å². The number of nitrogens with one attached hydrogen (secondary N) is 2. The maximum atomic E-state index is 13.3. The van der Waals surface area contributed by atoms with Gasteiger partial charge in [0.15, 0.2) is 11.6 Å². The number of fused-ring (bicyclic) bond motifs is 1. The summed E-state index contributed by atoms with van der Waals surface area (Å²) >= 11 is 0. The zero-order chi connectivity index (χ0) is 30.5. The first kappa shape index (κ1) is 28.9. The summed E-state index contributed by atoms with van der Waals surface area (Å²) < 4.78 is 12.2. The maximum Gasteiger partial charge on any atom is 0.320 e. The van der Waals surface area contributed by atoms with E-state index < -0.39 is 0 Å². The molecule has 1 fully saturated rings. The molecule has 3 aromatic carbocycles. The summed E-state index contributed by atoms with van der Waals surface area (Å²) in [5.74, 6) is 1.44. The number of hydrogen-bond acceptors (Lipinski definition) is 8. The van der Waals surface area contributed by atoms with E-state index >= 15 is 0 Å². The summed E-state index contributed by atoms with van der Waals surface area (Å²) in [5, 5.41) is 7.70. The molecule has 2 aromatic heterocycles. The number of piperazine rings is 1. The van der Waals surface area contributed by atoms with Crippen molar-refractivity contribution >= 4 is 34.4 Å². The minimum absolute atomic E-state index is 0.188. The fourth-order valence-electron chi connectivity index (χ4n) is 5.33. The van der Waals surface area contributed by atoms with Crippen molar-refractivity contribution in [3.8, 4) is 17.3 Å². The van der Waals surface area contributed by atoms with Crippen LogP contribution in [0.3, 0.4) is 0 Å². The number of methoxy groups -OCH3 is 1. The van der Waals surface area contributed by atoms with E-state index in [4.69, 9.17) is 19.6 Å². The minimum Gasteiger partial charge on any atom is -0.497 e. The molecule has 0 aliphatic carbocycles. The van der Waals surface area contributed by atoms with Gasteiger partial charge < -0.3 is 24.7 Å². The van der Waals surface area contributed by atoms with Crippen LogP contribution in [0, 0.1) is 0 Å². The molecule has 44 heavy (non-hydrogen) atoms. The van der Waals surface area contributed by atoms with Gasteiger partial charge in [-0.15, -0.1) is 0 Å². The lowest BCUT2D eigenvalue weighted by Crippen LogP contribution is -2.48. The van der Waals surface area contributed by atoms with E-state index in [-0.39, 0.29) is 11.9 Å². The summed E-state index contributed by atoms with van der Waals surface area (Å²) in [7, 11) is 1.64. The van der Waals surface area contributed by atoms with Gasteiger partial charge >= 0.3 is 5.97 Å². The number of carbonyl (C=O) groups excluding carboxylic acids is 2. The molecule has 226 valence electrons. The Bertz CT molecular complexity index is 1700. The van der Waals surface area contributed by atoms with E-state index in [9.17, 15) is 9.59 Å². The Balaban J connectivity index is 1.16. The largest absolute Gasteiger partial charge is 0.497 e. The van der Waals surface area contributed by atoms with Crippen molar-refractivity contribution in [3.63, 3.8) is 0 Å². The second-order valence-corrected chi connectivity index (χ2v) is 10.6. The van der Waals surface area contributed by atoms with Gasteiger partial charge in [0.2, 0.25) is 0 Å². The molecule has 0 bridgehead atoms. The lowest BCUT2D eigenvalue weighted by molar-refractivity contribution is -0.144. The lowest BCUT2D eigenvalue weighted by Gasteiger charge is -2.35. The van der Waals surface area contributed by atoms with Crippen molar-refractivity contribution in [1.82, 2.24) is 24.6 Å². The highest BCUT2D eigenvalue weighted by molar-refractivity contribution is 6.04. The molecular weight excluding hydrogens is 558 g/mol. The van der Waals surface area contributed by atoms with Gasteiger partial charge in [-0.2, -0.15) is 5.10 Å². The van der Waals surface area contributed by atoms with Crippen LogP contribution in [0.5, 0.6) is 5.75 Å². The number of aromatic nitrogens is 4. The number of ether oxygens (including phenoxy) is 2. The quantitative estimate of drug-likeness (QED) is 0.229. The van der Waals surface area contributed by atoms with Crippen LogP contribution in [0.4, 0.5) is 11.5 Å². The van der Waals surface area contributed by atoms with Crippen LogP contribution < -0.4 is 15.0 Å². The summed E-state index contributed by atoms with van der Waals surface area (Å²) in [5.41, 5.74) is 5.13. The van der Waals surface area contributed by atoms with Crippen LogP contribution >= 0.6 is 0 Å². The van der Waals surface area contributed by atoms with Crippen LogP contribution in [-0.2, 0) is 16.1 Å². The first-order valence-electron chi connectivity index (χ1n) is 14.7. The van der Waals surface area contributed by atoms with Crippen LogP contribution in [0.1, 0.15) is 22.8 Å². The van der Waals surface area contributed by atoms with Crippen LogP contribution in [0.2, 0.25) is 0 Å². The fraction of sp³-hybridized carbons (Fsp3) is 0.273. The number of anilines is 2. The molecule has 11 heteroatoms. The van der Waals surface area contributed by atoms with Gasteiger partial charge in [-0.3, -0.25) is 19.2 Å². The van der Waals surface area contributed by atoms with Gasteiger partial charge in [0.05, 0.1) is 37.8 Å². The van der Waals surface area contributed by atoms with Crippen molar-refractivity contribution < 1.29 is 19.1 Å². The van der Waals surface area contributed by atoms with E-state index in [2.05, 4.69) is 20.1 Å². The Morgan fingerprint density at radius 2 is 1.70 bits per heavy atom. The zero-order valence-corrected chi connectivity index (χ0v) is 24.8. The number of rotatable bonds is 10. The van der Waals surface area contributed by atoms with E-state index in [1.807, 2.05) is 90.5 Å². The number of esters is 1. The summed E-state index contributed by atoms with van der Waals surface area (Å²) in [6.07, 6.45) is 0. The molecule has 6 rings (SSSR count). The third-order valence-electron chi connectivity index (χ3n) is 7.67. The highest BCUT2D eigenvalue weighted by Crippen LogP contribution is 2.25. The zero-order valence-electron chi connectivity index (χ0n) is 24.8. The fourth-order valence-corrected chi connectivity index (χ4v) is 5.33. The number of imidazole rings is 1. The van der Waals surface area contributed by atoms with Gasteiger partial charge in [-0.1, -0.05) is 24.3 Å². The van der Waals surface area contributed by atoms with Crippen molar-refractivity contribution in [2.24, 2.45) is 0 Å². The molecule has 0 spiro atoms. The van der Waals surface area contributed by atoms with Gasteiger partial charge in [-0.05, 0) is 61.0 Å². The normalized spacial score (nSPS) is 13.6. The molecule has 1 saturated heterocycles. The predicted molar refractivity (Wildman–Crippen MR) is 169 cm³/mol. The summed E-state index contributed by atoms with van der Waals surface area (Å²) in [6, 6.07) is 25.0. The Morgan fingerprint density at radius 1 is 0.955 bits per heavy atom. The van der Waals surface area contributed by atoms with Crippen molar-refractivity contribution in [2.75, 3.05) is 56.7 Å². The molecule has 1 aliphatic rings. The lowest BCUT2D eigenvalue weighted by atomic mass is 10.1. The number of H-pyrrole nitrogens is 1. The van der Waals surface area contributed by atoms with Crippen LogP contribution in [0.15, 0.2) is 78.9 Å². The van der Waals surface area contributed by atoms with E-state index in [1.54, 1.807) is 7.11 Å². The standard InChI is InChI=1S/C33H35N7O4/c1-3-44-31(41)22-38-16-18-39(19-17-38)25-12-10-24(11-13-25)33(42)36-30-20-29(32-34-27-6-4-5-7-28(27)35-32)40(37-30)21-23-8-14-26(43-2)15-9-23/h4-15,20H,3,16-19,21-22H2,1-2H3,(H,34,35)(H,36,37,42). The second kappa shape index (κ2) is 13.0. The third kappa shape index (κ3) is 6.57. The highest BCUT2D eigenvalue weighted by atomic mass is 16.5. The Kier molecular flexibility index (Phi) is 8.55. The monoisotopic (exact) mass is 593 g/mol. The Labute approximate surface area is 255 Å². The number of hydrogen-bond donors (Lipinski definition) is 2. The predicted octanol–water partition coefficient (Wildman–Crippen LogP) is 4.42. The van der Waals surface area contributed by atoms with Gasteiger partial charge in [-0.25, -0.2) is 4.98 Å². The van der Waals surface area contributed by atoms with E-state index in [1.165, 1.54) is 0 Å². The molecular formula is C33H35N7O4. The topological polar surface area (TPSA) is 118 Å². The minimum atomic E-state index is -0.249. The molecule has 0 unspecified atom stereocenters. The van der Waals surface area contributed by atoms with E-state index in [0.717, 1.165) is 59.9 Å². The molecule has 0 radical (unpaired) electrons. The second-order valence-electron chi connectivity index (χ2n) is 10.6. The Morgan fingerprint density at radius 3 is 2.41 bits per heavy atom. The smallest absolute Gasteiger partial charge is 0.320 e. The van der Waals surface area contributed by atoms with Crippen LogP contribution in [0.25, 0.3) is 22.6 Å². The molecule has 1 amide bonds. The van der Waals surface area contributed by atoms with Gasteiger partial charge in [0.1, 0.15) is 11.4 Å². The van der Waals surface area contributed by atoms with Gasteiger partial charge in [0, 0.05) is 43.5 Å². The molecule has 3 heterocycles. The number of aromatic amines is 1. The SMILES string of the molecule is CCOC(=O)CN1CCN(c2ccc(C(=O)Nc3cc(-c4nc5ccccc5[nH]4)n(Cc4ccc(OC)cc4)n3)cc2)CC1. The number of nitrogens with zero attached hydrogens (tertiary/aromatic N) is 5. The van der Waals surface area contributed by atoms with Crippen molar-refractivity contribution in [3.05, 3.63) is 90.0 Å². The first-order chi connectivity index (χ1) is 21.5. The van der Waals surface area contributed by atoms with Crippen molar-refractivity contribution in [1.29, 1.82) is 0 Å². The Hall–Kier alpha value is -5.16. The number of para-hydroxylation sites is 2. The maximum absolute atomic E-state index is 13.3. The molecule has 0 saturated carbocycles. The molecule has 2 N–H and O–H groups in total. The number of amides is 1. The van der Waals surface area contributed by atoms with Crippen molar-refractivity contribution in [2.45, 2.75) is 13.5 Å². The number of benzene rings is 3. The molecule has 0 atom stereocenters. The van der Waals surface area contributed by atoms with E-state index in [0.29, 0.717) is 36.9 Å². The average Bonchev–Trinajstić information content (AvgIpc) is 3.65. The number of carbonyl (C=O) groups is 2. The summed E-state index contributed by atoms with van der Waals surface area (Å²) in [6.45, 7) is 6.13. The highest BCUT2D eigenvalue weighted by Gasteiger charge is 2.21. The average molecular weight is 594 g/mol. The summed E-state index contributed by atoms with van der Waals surface area (Å²) in [4.78, 5) is 37.6. The van der Waals surface area contributed by atoms with Crippen LogP contribution in [-0.4, -0.2) is 83.0 Å². The molecule has 11 nitrogen and oxygen atoms in total.